The summed E-state index contributed by atoms with van der Waals surface area (Å²) in [6.07, 6.45) is 24.6. The van der Waals surface area contributed by atoms with E-state index < -0.39 is 5.95 Å². The standard InChI is InChI=1S/C16H19N7.C8H5NO2.C6H5FN2O.2C2H2/c1-2-8-22(7-1)16-18-15(13-4-3-9-23(13)21-16)17-14-10-12(19-20-14)11-5-6-11;10-7-5-3-1-2-4-6(5)8(11)9-7;7-6-2-1-5(3-8-6)9-4-10;2*1-2/h3-4,9-11H,1-2,5-8H2,(H2,17,18,19,20,21);1-4H,(H,9,10,11);1-4H,(H,9,10);2*1-2H. The number of hydrogen-bond donors (Lipinski definition) is 4. The van der Waals surface area contributed by atoms with Crippen LogP contribution in [0.1, 0.15) is 58.0 Å². The predicted molar refractivity (Wildman–Crippen MR) is 180 cm³/mol. The molecule has 0 spiro atoms. The molecule has 14 heteroatoms. The number of pyridine rings is 1. The molecule has 5 aromatic rings. The molecule has 0 unspecified atom stereocenters. The Bertz CT molecular complexity index is 1850. The third kappa shape index (κ3) is 8.58. The maximum atomic E-state index is 12.1. The summed E-state index contributed by atoms with van der Waals surface area (Å²) in [5, 5.41) is 20.0. The van der Waals surface area contributed by atoms with E-state index in [4.69, 9.17) is 4.98 Å². The molecule has 4 N–H and O–H groups in total. The number of nitrogens with one attached hydrogen (secondary N) is 4. The van der Waals surface area contributed by atoms with Gasteiger partial charge >= 0.3 is 0 Å². The van der Waals surface area contributed by atoms with E-state index in [0.717, 1.165) is 36.2 Å². The SMILES string of the molecule is C#C.C#C.O=C1NC(=O)c2ccccc21.O=CNc1ccc(F)nc1.c1cc2c(Nc3cc(C4CC4)[nH]n3)nc(N3CCCC3)nn2c1. The van der Waals surface area contributed by atoms with Crippen LogP contribution in [0, 0.1) is 31.6 Å². The van der Waals surface area contributed by atoms with E-state index in [2.05, 4.69) is 72.9 Å². The summed E-state index contributed by atoms with van der Waals surface area (Å²) >= 11 is 0. The molecule has 1 aliphatic carbocycles. The summed E-state index contributed by atoms with van der Waals surface area (Å²) in [7, 11) is 0. The first kappa shape index (κ1) is 34.3. The molecule has 0 atom stereocenters. The zero-order valence-corrected chi connectivity index (χ0v) is 25.8. The quantitative estimate of drug-likeness (QED) is 0.0897. The van der Waals surface area contributed by atoms with Crippen LogP contribution in [0.5, 0.6) is 0 Å². The highest BCUT2D eigenvalue weighted by atomic mass is 19.1. The van der Waals surface area contributed by atoms with Crippen molar-refractivity contribution in [3.63, 3.8) is 0 Å². The molecule has 1 saturated heterocycles. The Kier molecular flexibility index (Phi) is 11.9. The van der Waals surface area contributed by atoms with E-state index in [9.17, 15) is 18.8 Å². The molecule has 6 heterocycles. The Balaban J connectivity index is 0.000000175. The minimum atomic E-state index is -0.559. The number of aromatic nitrogens is 6. The number of anilines is 4. The molecule has 2 fully saturated rings. The van der Waals surface area contributed by atoms with E-state index in [1.807, 2.05) is 22.8 Å². The highest BCUT2D eigenvalue weighted by molar-refractivity contribution is 6.21. The lowest BCUT2D eigenvalue weighted by Gasteiger charge is -2.16. The Morgan fingerprint density at radius 2 is 1.62 bits per heavy atom. The largest absolute Gasteiger partial charge is 0.340 e. The number of carbonyl (C=O) groups excluding carboxylic acids is 3. The number of aromatic amines is 1. The minimum absolute atomic E-state index is 0.300. The molecule has 244 valence electrons. The van der Waals surface area contributed by atoms with Crippen molar-refractivity contribution in [2.24, 2.45) is 0 Å². The topological polar surface area (TPSA) is 162 Å². The summed E-state index contributed by atoms with van der Waals surface area (Å²) in [5.41, 5.74) is 3.60. The number of H-pyrrole nitrogens is 1. The number of fused-ring (bicyclic) bond motifs is 2. The average molecular weight is 649 g/mol. The lowest BCUT2D eigenvalue weighted by atomic mass is 10.1. The van der Waals surface area contributed by atoms with Crippen LogP contribution in [0.15, 0.2) is 67.0 Å². The van der Waals surface area contributed by atoms with Crippen molar-refractivity contribution in [2.75, 3.05) is 28.6 Å². The van der Waals surface area contributed by atoms with E-state index >= 15 is 0 Å². The molecule has 48 heavy (non-hydrogen) atoms. The van der Waals surface area contributed by atoms with Crippen molar-refractivity contribution < 1.29 is 18.8 Å². The predicted octanol–water partition coefficient (Wildman–Crippen LogP) is 4.53. The Hall–Kier alpha value is -6.54. The second kappa shape index (κ2) is 16.7. The number of rotatable bonds is 6. The van der Waals surface area contributed by atoms with Gasteiger partial charge in [-0.15, -0.1) is 30.8 Å². The highest BCUT2D eigenvalue weighted by Crippen LogP contribution is 2.39. The average Bonchev–Trinajstić information content (AvgIpc) is 3.49. The molecular formula is C34H33FN10O3. The molecule has 1 saturated carbocycles. The van der Waals surface area contributed by atoms with Crippen molar-refractivity contribution in [3.05, 3.63) is 89.8 Å². The Labute approximate surface area is 276 Å². The van der Waals surface area contributed by atoms with E-state index in [-0.39, 0.29) is 11.8 Å². The summed E-state index contributed by atoms with van der Waals surface area (Å²) in [6.45, 7) is 2.06. The van der Waals surface area contributed by atoms with Gasteiger partial charge in [0.1, 0.15) is 5.52 Å². The van der Waals surface area contributed by atoms with Gasteiger partial charge in [-0.05, 0) is 62.1 Å². The zero-order valence-electron chi connectivity index (χ0n) is 25.8. The lowest BCUT2D eigenvalue weighted by molar-refractivity contribution is -0.105. The second-order valence-corrected chi connectivity index (χ2v) is 10.4. The van der Waals surface area contributed by atoms with Crippen LogP contribution in [-0.2, 0) is 4.79 Å². The number of terminal acetylenes is 2. The molecular weight excluding hydrogens is 615 g/mol. The van der Waals surface area contributed by atoms with Gasteiger partial charge < -0.3 is 15.5 Å². The van der Waals surface area contributed by atoms with Gasteiger partial charge in [-0.1, -0.05) is 12.1 Å². The van der Waals surface area contributed by atoms with Crippen molar-refractivity contribution >= 4 is 47.0 Å². The van der Waals surface area contributed by atoms with Gasteiger partial charge in [0, 0.05) is 37.0 Å². The Morgan fingerprint density at radius 3 is 2.23 bits per heavy atom. The number of carbonyl (C=O) groups is 3. The number of nitrogens with zero attached hydrogens (tertiary/aromatic N) is 6. The summed E-state index contributed by atoms with van der Waals surface area (Å²) in [6, 6.07) is 15.4. The van der Waals surface area contributed by atoms with Gasteiger partial charge in [0.2, 0.25) is 18.3 Å². The fourth-order valence-corrected chi connectivity index (χ4v) is 4.84. The van der Waals surface area contributed by atoms with Crippen molar-refractivity contribution in [1.82, 2.24) is 35.1 Å². The van der Waals surface area contributed by atoms with Crippen LogP contribution in [0.4, 0.5) is 27.7 Å². The summed E-state index contributed by atoms with van der Waals surface area (Å²) < 4.78 is 14.0. The van der Waals surface area contributed by atoms with Gasteiger partial charge in [0.15, 0.2) is 11.6 Å². The van der Waals surface area contributed by atoms with Crippen LogP contribution < -0.4 is 20.9 Å². The molecule has 0 radical (unpaired) electrons. The van der Waals surface area contributed by atoms with Crippen LogP contribution in [0.3, 0.4) is 0 Å². The van der Waals surface area contributed by atoms with Gasteiger partial charge in [0.25, 0.3) is 11.8 Å². The first-order valence-corrected chi connectivity index (χ1v) is 14.8. The van der Waals surface area contributed by atoms with Crippen LogP contribution in [0.25, 0.3) is 5.52 Å². The lowest BCUT2D eigenvalue weighted by Crippen LogP contribution is -2.22. The summed E-state index contributed by atoms with van der Waals surface area (Å²) in [4.78, 5) is 42.0. The fraction of sp³-hybridized carbons (Fsp3) is 0.206. The molecule has 4 aromatic heterocycles. The summed E-state index contributed by atoms with van der Waals surface area (Å²) in [5.74, 6) is 1.91. The fourth-order valence-electron chi connectivity index (χ4n) is 4.84. The van der Waals surface area contributed by atoms with Crippen LogP contribution in [-0.4, -0.2) is 61.1 Å². The monoisotopic (exact) mass is 648 g/mol. The maximum Gasteiger partial charge on any atom is 0.258 e. The number of imide groups is 1. The third-order valence-corrected chi connectivity index (χ3v) is 7.23. The Morgan fingerprint density at radius 1 is 0.938 bits per heavy atom. The maximum absolute atomic E-state index is 12.1. The molecule has 3 aliphatic rings. The minimum Gasteiger partial charge on any atom is -0.340 e. The van der Waals surface area contributed by atoms with E-state index in [0.29, 0.717) is 29.1 Å². The molecule has 0 bridgehead atoms. The van der Waals surface area contributed by atoms with Gasteiger partial charge in [-0.2, -0.15) is 14.5 Å². The van der Waals surface area contributed by atoms with Gasteiger partial charge in [-0.3, -0.25) is 24.8 Å². The first-order valence-electron chi connectivity index (χ1n) is 14.8. The zero-order chi connectivity index (χ0) is 34.5. The second-order valence-electron chi connectivity index (χ2n) is 10.4. The van der Waals surface area contributed by atoms with Gasteiger partial charge in [0.05, 0.1) is 23.0 Å². The number of halogens is 1. The number of amides is 3. The van der Waals surface area contributed by atoms with Crippen LogP contribution >= 0.6 is 0 Å². The molecule has 8 rings (SSSR count). The van der Waals surface area contributed by atoms with Crippen molar-refractivity contribution in [1.29, 1.82) is 0 Å². The number of hydrogen-bond acceptors (Lipinski definition) is 9. The smallest absolute Gasteiger partial charge is 0.258 e. The number of benzene rings is 1. The molecule has 2 aliphatic heterocycles. The third-order valence-electron chi connectivity index (χ3n) is 7.23. The molecule has 3 amide bonds. The highest BCUT2D eigenvalue weighted by Gasteiger charge is 2.26. The van der Waals surface area contributed by atoms with Crippen molar-refractivity contribution in [3.8, 4) is 25.7 Å². The molecule has 13 nitrogen and oxygen atoms in total. The van der Waals surface area contributed by atoms with E-state index in [1.165, 1.54) is 49.7 Å². The van der Waals surface area contributed by atoms with Gasteiger partial charge in [-0.25, -0.2) is 9.50 Å². The first-order chi connectivity index (χ1) is 23.5. The normalized spacial score (nSPS) is 13.9. The van der Waals surface area contributed by atoms with Crippen LogP contribution in [0.2, 0.25) is 0 Å². The molecule has 1 aromatic carbocycles. The van der Waals surface area contributed by atoms with Crippen molar-refractivity contribution in [2.45, 2.75) is 31.6 Å². The van der Waals surface area contributed by atoms with E-state index in [1.54, 1.807) is 24.3 Å².